The molecule has 1 heterocycles. The van der Waals surface area contributed by atoms with E-state index in [1.165, 1.54) is 16.7 Å². The van der Waals surface area contributed by atoms with Crippen LogP contribution in [0.15, 0.2) is 30.3 Å². The molecule has 0 atom stereocenters. The summed E-state index contributed by atoms with van der Waals surface area (Å²) in [7, 11) is 0. The highest BCUT2D eigenvalue weighted by Crippen LogP contribution is 2.24. The predicted octanol–water partition coefficient (Wildman–Crippen LogP) is 3.47. The summed E-state index contributed by atoms with van der Waals surface area (Å²) >= 11 is 0. The molecule has 0 N–H and O–H groups in total. The van der Waals surface area contributed by atoms with E-state index in [0.717, 1.165) is 11.4 Å². The van der Waals surface area contributed by atoms with Gasteiger partial charge in [0.25, 0.3) is 0 Å². The highest BCUT2D eigenvalue weighted by atomic mass is 14.7. The number of rotatable bonds is 1. The highest BCUT2D eigenvalue weighted by Gasteiger charge is 2.06. The monoisotopic (exact) mass is 196 g/mol. The smallest absolute Gasteiger partial charge is 0.0789 e. The second-order valence-electron chi connectivity index (χ2n) is 3.85. The van der Waals surface area contributed by atoms with Crippen LogP contribution in [-0.4, -0.2) is 4.98 Å². The van der Waals surface area contributed by atoms with Crippen LogP contribution in [0.5, 0.6) is 0 Å². The van der Waals surface area contributed by atoms with Gasteiger partial charge in [-0.2, -0.15) is 0 Å². The van der Waals surface area contributed by atoms with Crippen LogP contribution in [0.3, 0.4) is 0 Å². The molecular weight excluding hydrogens is 182 g/mol. The molecule has 75 valence electrons. The van der Waals surface area contributed by atoms with Crippen molar-refractivity contribution in [2.45, 2.75) is 20.8 Å². The summed E-state index contributed by atoms with van der Waals surface area (Å²) < 4.78 is 0. The molecule has 15 heavy (non-hydrogen) atoms. The lowest BCUT2D eigenvalue weighted by Crippen LogP contribution is -1.92. The van der Waals surface area contributed by atoms with E-state index >= 15 is 0 Å². The first-order valence-corrected chi connectivity index (χ1v) is 5.10. The molecule has 0 bridgehead atoms. The van der Waals surface area contributed by atoms with Gasteiger partial charge in [-0.3, -0.25) is 4.98 Å². The van der Waals surface area contributed by atoms with Crippen LogP contribution in [0.1, 0.15) is 16.8 Å². The maximum Gasteiger partial charge on any atom is 0.0789 e. The molecule has 0 saturated heterocycles. The summed E-state index contributed by atoms with van der Waals surface area (Å²) in [6.07, 6.45) is 0. The Morgan fingerprint density at radius 2 is 1.67 bits per heavy atom. The summed E-state index contributed by atoms with van der Waals surface area (Å²) in [6.45, 7) is 6.23. The fourth-order valence-corrected chi connectivity index (χ4v) is 1.80. The number of aryl methyl sites for hydroxylation is 3. The zero-order valence-corrected chi connectivity index (χ0v) is 9.33. The molecule has 1 aromatic carbocycles. The third-order valence-electron chi connectivity index (χ3n) is 2.55. The third-order valence-corrected chi connectivity index (χ3v) is 2.55. The Balaban J connectivity index is 2.63. The van der Waals surface area contributed by atoms with E-state index < -0.39 is 0 Å². The van der Waals surface area contributed by atoms with Crippen molar-refractivity contribution in [3.8, 4) is 11.3 Å². The minimum absolute atomic E-state index is 0.950. The molecule has 2 rings (SSSR count). The van der Waals surface area contributed by atoms with Crippen LogP contribution in [0.25, 0.3) is 11.3 Å². The van der Waals surface area contributed by atoms with Gasteiger partial charge in [0.1, 0.15) is 0 Å². The van der Waals surface area contributed by atoms with Crippen LogP contribution in [0.4, 0.5) is 0 Å². The zero-order valence-electron chi connectivity index (χ0n) is 9.33. The van der Waals surface area contributed by atoms with E-state index in [9.17, 15) is 0 Å². The highest BCUT2D eigenvalue weighted by molar-refractivity contribution is 5.66. The standard InChI is InChI=1S/C14H14N/c1-10-6-4-7-11(2)14(10)13-9-5-8-12(3)15-13/h4-8H,1-3H3. The molecule has 0 fully saturated rings. The predicted molar refractivity (Wildman–Crippen MR) is 62.7 cm³/mol. The summed E-state index contributed by atoms with van der Waals surface area (Å²) in [4.78, 5) is 4.51. The molecule has 0 aliphatic rings. The lowest BCUT2D eigenvalue weighted by molar-refractivity contribution is 1.19. The number of hydrogen-bond donors (Lipinski definition) is 0. The molecule has 0 amide bonds. The first-order valence-electron chi connectivity index (χ1n) is 5.10. The largest absolute Gasteiger partial charge is 0.252 e. The van der Waals surface area contributed by atoms with Crippen molar-refractivity contribution in [1.82, 2.24) is 4.98 Å². The van der Waals surface area contributed by atoms with Crippen LogP contribution in [0.2, 0.25) is 0 Å². The number of hydrogen-bond acceptors (Lipinski definition) is 1. The van der Waals surface area contributed by atoms with E-state index in [-0.39, 0.29) is 0 Å². The third kappa shape index (κ3) is 1.91. The molecule has 1 aromatic heterocycles. The quantitative estimate of drug-likeness (QED) is 0.680. The van der Waals surface area contributed by atoms with E-state index in [2.05, 4.69) is 43.1 Å². The minimum atomic E-state index is 0.950. The number of benzene rings is 1. The maximum absolute atomic E-state index is 4.51. The van der Waals surface area contributed by atoms with Crippen LogP contribution in [-0.2, 0) is 0 Å². The van der Waals surface area contributed by atoms with Gasteiger partial charge in [-0.05, 0) is 38.0 Å². The lowest BCUT2D eigenvalue weighted by atomic mass is 9.99. The van der Waals surface area contributed by atoms with Gasteiger partial charge in [0.05, 0.1) is 5.69 Å². The Morgan fingerprint density at radius 3 is 2.27 bits per heavy atom. The van der Waals surface area contributed by atoms with E-state index in [0.29, 0.717) is 0 Å². The Bertz CT molecular complexity index is 466. The van der Waals surface area contributed by atoms with E-state index in [1.807, 2.05) is 19.1 Å². The Kier molecular flexibility index (Phi) is 2.55. The molecule has 1 radical (unpaired) electrons. The van der Waals surface area contributed by atoms with Gasteiger partial charge in [-0.25, -0.2) is 0 Å². The molecule has 0 unspecified atom stereocenters. The van der Waals surface area contributed by atoms with Crippen molar-refractivity contribution in [3.63, 3.8) is 0 Å². The van der Waals surface area contributed by atoms with Crippen molar-refractivity contribution < 1.29 is 0 Å². The summed E-state index contributed by atoms with van der Waals surface area (Å²) in [5.74, 6) is 0. The minimum Gasteiger partial charge on any atom is -0.252 e. The molecule has 0 aliphatic carbocycles. The lowest BCUT2D eigenvalue weighted by Gasteiger charge is -2.08. The number of aromatic nitrogens is 1. The van der Waals surface area contributed by atoms with Crippen LogP contribution >= 0.6 is 0 Å². The molecule has 1 nitrogen and oxygen atoms in total. The van der Waals surface area contributed by atoms with Crippen molar-refractivity contribution in [2.75, 3.05) is 0 Å². The number of nitrogens with zero attached hydrogens (tertiary/aromatic N) is 1. The van der Waals surface area contributed by atoms with Gasteiger partial charge < -0.3 is 0 Å². The molecule has 0 spiro atoms. The summed E-state index contributed by atoms with van der Waals surface area (Å²) in [6, 6.07) is 13.4. The fraction of sp³-hybridized carbons (Fsp3) is 0.214. The Morgan fingerprint density at radius 1 is 1.00 bits per heavy atom. The number of pyridine rings is 1. The summed E-state index contributed by atoms with van der Waals surface area (Å²) in [5.41, 5.74) is 5.70. The molecule has 2 aromatic rings. The Labute approximate surface area is 90.8 Å². The second kappa shape index (κ2) is 3.85. The SMILES string of the molecule is Cc1cc[c]c(-c2c(C)cccc2C)n1. The zero-order chi connectivity index (χ0) is 10.8. The van der Waals surface area contributed by atoms with Gasteiger partial charge in [0.15, 0.2) is 0 Å². The van der Waals surface area contributed by atoms with Crippen LogP contribution < -0.4 is 0 Å². The molecule has 1 heteroatoms. The van der Waals surface area contributed by atoms with Crippen LogP contribution in [0, 0.1) is 26.8 Å². The van der Waals surface area contributed by atoms with Gasteiger partial charge >= 0.3 is 0 Å². The van der Waals surface area contributed by atoms with Crippen molar-refractivity contribution in [1.29, 1.82) is 0 Å². The first kappa shape index (κ1) is 9.91. The molecular formula is C14H14N. The van der Waals surface area contributed by atoms with Gasteiger partial charge in [0, 0.05) is 17.3 Å². The first-order chi connectivity index (χ1) is 7.18. The molecule has 0 saturated carbocycles. The van der Waals surface area contributed by atoms with Gasteiger partial charge in [-0.15, -0.1) is 0 Å². The van der Waals surface area contributed by atoms with Gasteiger partial charge in [0.2, 0.25) is 0 Å². The van der Waals surface area contributed by atoms with Crippen molar-refractivity contribution in [2.24, 2.45) is 0 Å². The second-order valence-corrected chi connectivity index (χ2v) is 3.85. The van der Waals surface area contributed by atoms with Crippen molar-refractivity contribution in [3.05, 3.63) is 53.2 Å². The molecule has 0 aliphatic heterocycles. The average Bonchev–Trinajstić information content (AvgIpc) is 2.17. The van der Waals surface area contributed by atoms with E-state index in [4.69, 9.17) is 0 Å². The van der Waals surface area contributed by atoms with Crippen molar-refractivity contribution >= 4 is 0 Å². The fourth-order valence-electron chi connectivity index (χ4n) is 1.80. The maximum atomic E-state index is 4.51. The summed E-state index contributed by atoms with van der Waals surface area (Å²) in [5, 5.41) is 0. The topological polar surface area (TPSA) is 12.9 Å². The Hall–Kier alpha value is -1.63. The normalized spacial score (nSPS) is 10.3. The van der Waals surface area contributed by atoms with E-state index in [1.54, 1.807) is 0 Å². The van der Waals surface area contributed by atoms with Gasteiger partial charge in [-0.1, -0.05) is 24.3 Å². The average molecular weight is 196 g/mol.